The van der Waals surface area contributed by atoms with Crippen LogP contribution in [0.1, 0.15) is 26.3 Å². The Kier molecular flexibility index (Phi) is 9.20. The number of halogens is 2. The van der Waals surface area contributed by atoms with E-state index in [0.29, 0.717) is 17.1 Å². The molecule has 9 nitrogen and oxygen atoms in total. The lowest BCUT2D eigenvalue weighted by molar-refractivity contribution is -0.384. The lowest BCUT2D eigenvalue weighted by atomic mass is 10.1. The normalized spacial score (nSPS) is 12.6. The Hall–Kier alpha value is -2.51. The Bertz CT molecular complexity index is 1040. The molecule has 1 aromatic carbocycles. The van der Waals surface area contributed by atoms with Gasteiger partial charge in [0.15, 0.2) is 5.69 Å². The van der Waals surface area contributed by atoms with E-state index in [1.165, 1.54) is 28.6 Å². The number of hydrogen-bond donors (Lipinski definition) is 1. The van der Waals surface area contributed by atoms with Crippen LogP contribution in [0.25, 0.3) is 11.3 Å². The van der Waals surface area contributed by atoms with Gasteiger partial charge in [-0.15, -0.1) is 11.8 Å². The molecule has 0 spiro atoms. The van der Waals surface area contributed by atoms with E-state index in [1.54, 1.807) is 0 Å². The molecule has 0 unspecified atom stereocenters. The van der Waals surface area contributed by atoms with Gasteiger partial charge in [-0.2, -0.15) is 13.9 Å². The second-order valence-corrected chi connectivity index (χ2v) is 17.2. The third-order valence-electron chi connectivity index (χ3n) is 4.42. The molecule has 1 N–H and O–H groups in total. The van der Waals surface area contributed by atoms with Crippen molar-refractivity contribution in [1.29, 1.82) is 0 Å². The first-order valence-corrected chi connectivity index (χ1v) is 15.0. The van der Waals surface area contributed by atoms with Gasteiger partial charge in [-0.05, 0) is 18.2 Å². The van der Waals surface area contributed by atoms with E-state index in [9.17, 15) is 18.9 Å². The highest BCUT2D eigenvalue weighted by molar-refractivity contribution is 8.00. The second kappa shape index (κ2) is 11.3. The highest BCUT2D eigenvalue weighted by Gasteiger charge is 2.28. The Morgan fingerprint density at radius 3 is 2.56 bits per heavy atom. The molecule has 1 heterocycles. The highest BCUT2D eigenvalue weighted by atomic mass is 32.2. The fraction of sp³-hybridized carbons (Fsp3) is 0.524. The number of benzene rings is 1. The van der Waals surface area contributed by atoms with Crippen LogP contribution in [-0.2, 0) is 11.5 Å². The summed E-state index contributed by atoms with van der Waals surface area (Å²) in [7, 11) is -1.36. The van der Waals surface area contributed by atoms with Gasteiger partial charge in [-0.25, -0.2) is 4.68 Å². The lowest BCUT2D eigenvalue weighted by Crippen LogP contribution is -2.22. The van der Waals surface area contributed by atoms with Crippen LogP contribution in [0.4, 0.5) is 14.5 Å². The Labute approximate surface area is 202 Å². The van der Waals surface area contributed by atoms with Crippen LogP contribution in [0.5, 0.6) is 5.75 Å². The number of nitro groups is 1. The molecular weight excluding hydrogens is 486 g/mol. The van der Waals surface area contributed by atoms with E-state index in [2.05, 4.69) is 29.9 Å². The standard InChI is InChI=1S/C21H30F2N4O5SSi/c1-21(2,3)33-18-10-17(32-20(22)23)15(9-14(18)11-25-28)19-16(27(29)30)12-24-26(19)13-31-7-8-34(4,5)6/h9-12,20,28H,7-8,13H2,1-6H3/b25-11+. The third kappa shape index (κ3) is 8.06. The number of ether oxygens (including phenoxy) is 2. The van der Waals surface area contributed by atoms with E-state index in [1.807, 2.05) is 20.8 Å². The molecule has 0 bridgehead atoms. The number of alkyl halides is 2. The first-order chi connectivity index (χ1) is 15.7. The van der Waals surface area contributed by atoms with Crippen LogP contribution in [-0.4, -0.2) is 52.2 Å². The van der Waals surface area contributed by atoms with E-state index < -0.39 is 25.3 Å². The summed E-state index contributed by atoms with van der Waals surface area (Å²) in [6.45, 7) is 9.52. The van der Waals surface area contributed by atoms with Crippen molar-refractivity contribution in [3.8, 4) is 17.0 Å². The van der Waals surface area contributed by atoms with Gasteiger partial charge >= 0.3 is 12.3 Å². The van der Waals surface area contributed by atoms with Gasteiger partial charge in [0, 0.05) is 29.9 Å². The summed E-state index contributed by atoms with van der Waals surface area (Å²) < 4.78 is 38.0. The van der Waals surface area contributed by atoms with Crippen molar-refractivity contribution in [3.63, 3.8) is 0 Å². The lowest BCUT2D eigenvalue weighted by Gasteiger charge is -2.21. The molecular formula is C21H30F2N4O5SSi. The third-order valence-corrected chi connectivity index (χ3v) is 7.31. The van der Waals surface area contributed by atoms with Gasteiger partial charge in [0.2, 0.25) is 0 Å². The number of thioether (sulfide) groups is 1. The Morgan fingerprint density at radius 1 is 1.35 bits per heavy atom. The summed E-state index contributed by atoms with van der Waals surface area (Å²) >= 11 is 1.34. The van der Waals surface area contributed by atoms with Crippen LogP contribution < -0.4 is 4.74 Å². The second-order valence-electron chi connectivity index (χ2n) is 9.71. The quantitative estimate of drug-likeness (QED) is 0.0733. The highest BCUT2D eigenvalue weighted by Crippen LogP contribution is 2.43. The van der Waals surface area contributed by atoms with E-state index in [-0.39, 0.29) is 28.5 Å². The molecule has 0 fully saturated rings. The molecule has 0 saturated carbocycles. The van der Waals surface area contributed by atoms with Crippen molar-refractivity contribution >= 4 is 31.7 Å². The summed E-state index contributed by atoms with van der Waals surface area (Å²) in [6, 6.07) is 3.65. The van der Waals surface area contributed by atoms with Crippen LogP contribution in [0.3, 0.4) is 0 Å². The van der Waals surface area contributed by atoms with E-state index in [4.69, 9.17) is 14.7 Å². The van der Waals surface area contributed by atoms with Crippen LogP contribution in [0.2, 0.25) is 25.7 Å². The monoisotopic (exact) mass is 516 g/mol. The van der Waals surface area contributed by atoms with Crippen molar-refractivity contribution in [3.05, 3.63) is 34.0 Å². The predicted octanol–water partition coefficient (Wildman–Crippen LogP) is 6.07. The molecule has 0 aliphatic carbocycles. The maximum absolute atomic E-state index is 13.3. The SMILES string of the molecule is CC(C)(C)Sc1cc(OC(F)F)c(-c2c([N+](=O)[O-])cnn2COCC[Si](C)(C)C)cc1/C=N/O. The molecule has 0 radical (unpaired) electrons. The average Bonchev–Trinajstić information content (AvgIpc) is 3.09. The molecule has 2 rings (SSSR count). The topological polar surface area (TPSA) is 112 Å². The number of hydrogen-bond acceptors (Lipinski definition) is 8. The molecule has 1 aromatic heterocycles. The van der Waals surface area contributed by atoms with Gasteiger partial charge in [0.05, 0.1) is 16.7 Å². The first-order valence-electron chi connectivity index (χ1n) is 10.5. The molecule has 0 aliphatic heterocycles. The smallest absolute Gasteiger partial charge is 0.387 e. The van der Waals surface area contributed by atoms with Crippen molar-refractivity contribution in [2.24, 2.45) is 5.16 Å². The van der Waals surface area contributed by atoms with Gasteiger partial charge in [0.1, 0.15) is 18.7 Å². The molecule has 34 heavy (non-hydrogen) atoms. The van der Waals surface area contributed by atoms with Gasteiger partial charge in [0.25, 0.3) is 0 Å². The van der Waals surface area contributed by atoms with Crippen molar-refractivity contribution in [2.75, 3.05) is 6.61 Å². The molecule has 0 saturated heterocycles. The van der Waals surface area contributed by atoms with Gasteiger partial charge in [-0.1, -0.05) is 45.6 Å². The van der Waals surface area contributed by atoms with Crippen LogP contribution in [0, 0.1) is 10.1 Å². The van der Waals surface area contributed by atoms with Gasteiger partial charge in [-0.3, -0.25) is 10.1 Å². The number of rotatable bonds is 11. The van der Waals surface area contributed by atoms with E-state index in [0.717, 1.165) is 18.5 Å². The summed E-state index contributed by atoms with van der Waals surface area (Å²) in [6.07, 6.45) is 2.18. The molecule has 188 valence electrons. The Morgan fingerprint density at radius 2 is 2.03 bits per heavy atom. The number of aromatic nitrogens is 2. The number of oxime groups is 1. The largest absolute Gasteiger partial charge is 0.434 e. The fourth-order valence-electron chi connectivity index (χ4n) is 2.95. The maximum atomic E-state index is 13.3. The van der Waals surface area contributed by atoms with Crippen LogP contribution >= 0.6 is 11.8 Å². The zero-order valence-electron chi connectivity index (χ0n) is 20.0. The Balaban J connectivity index is 2.63. The summed E-state index contributed by atoms with van der Waals surface area (Å²) in [5, 5.41) is 28.0. The van der Waals surface area contributed by atoms with Crippen LogP contribution in [0.15, 0.2) is 28.4 Å². The molecule has 2 aromatic rings. The zero-order chi connectivity index (χ0) is 25.7. The number of nitrogens with zero attached hydrogens (tertiary/aromatic N) is 4. The minimum absolute atomic E-state index is 0.00598. The van der Waals surface area contributed by atoms with Gasteiger partial charge < -0.3 is 14.7 Å². The fourth-order valence-corrected chi connectivity index (χ4v) is 4.76. The molecule has 0 aliphatic rings. The zero-order valence-corrected chi connectivity index (χ0v) is 21.9. The minimum Gasteiger partial charge on any atom is -0.434 e. The summed E-state index contributed by atoms with van der Waals surface area (Å²) in [5.74, 6) is -0.260. The predicted molar refractivity (Wildman–Crippen MR) is 130 cm³/mol. The summed E-state index contributed by atoms with van der Waals surface area (Å²) in [5.41, 5.74) is -0.0585. The molecule has 0 atom stereocenters. The van der Waals surface area contributed by atoms with Crippen molar-refractivity contribution < 1.29 is 28.4 Å². The minimum atomic E-state index is -3.16. The maximum Gasteiger partial charge on any atom is 0.387 e. The summed E-state index contributed by atoms with van der Waals surface area (Å²) in [4.78, 5) is 11.6. The molecule has 13 heteroatoms. The van der Waals surface area contributed by atoms with E-state index >= 15 is 0 Å². The average molecular weight is 517 g/mol. The molecule has 0 amide bonds. The van der Waals surface area contributed by atoms with Crippen molar-refractivity contribution in [1.82, 2.24) is 9.78 Å². The first kappa shape index (κ1) is 27.7. The van der Waals surface area contributed by atoms with Crippen molar-refractivity contribution in [2.45, 2.75) is 69.4 Å².